The third kappa shape index (κ3) is 3.21. The molecule has 1 spiro atoms. The highest BCUT2D eigenvalue weighted by Gasteiger charge is 2.38. The Kier molecular flexibility index (Phi) is 4.26. The van der Waals surface area contributed by atoms with Crippen molar-refractivity contribution in [3.05, 3.63) is 0 Å². The second kappa shape index (κ2) is 5.50. The normalized spacial score (nSPS) is 29.8. The van der Waals surface area contributed by atoms with E-state index >= 15 is 0 Å². The first kappa shape index (κ1) is 12.4. The Hall–Kier alpha value is -0.0800. The van der Waals surface area contributed by atoms with E-state index in [1.165, 1.54) is 44.9 Å². The fourth-order valence-corrected chi connectivity index (χ4v) is 3.15. The van der Waals surface area contributed by atoms with Crippen LogP contribution in [0, 0.1) is 5.92 Å². The third-order valence-electron chi connectivity index (χ3n) is 4.07. The third-order valence-corrected chi connectivity index (χ3v) is 4.07. The summed E-state index contributed by atoms with van der Waals surface area (Å²) in [4.78, 5) is 0. The summed E-state index contributed by atoms with van der Waals surface area (Å²) in [6, 6.07) is 0.703. The van der Waals surface area contributed by atoms with Gasteiger partial charge in [-0.15, -0.1) is 0 Å². The van der Waals surface area contributed by atoms with Gasteiger partial charge in [0.1, 0.15) is 0 Å². The minimum Gasteiger partial charge on any atom is -0.375 e. The van der Waals surface area contributed by atoms with Crippen molar-refractivity contribution in [1.29, 1.82) is 0 Å². The number of ether oxygens (including phenoxy) is 1. The molecule has 1 saturated heterocycles. The fourth-order valence-electron chi connectivity index (χ4n) is 3.15. The number of rotatable bonds is 3. The molecule has 2 rings (SSSR count). The second-order valence-corrected chi connectivity index (χ2v) is 6.08. The van der Waals surface area contributed by atoms with Crippen molar-refractivity contribution in [3.8, 4) is 0 Å². The molecule has 0 bridgehead atoms. The van der Waals surface area contributed by atoms with Crippen molar-refractivity contribution in [3.63, 3.8) is 0 Å². The fraction of sp³-hybridized carbons (Fsp3) is 1.00. The average Bonchev–Trinajstić information content (AvgIpc) is 2.28. The van der Waals surface area contributed by atoms with E-state index in [0.29, 0.717) is 6.04 Å². The highest BCUT2D eigenvalue weighted by atomic mass is 16.5. The quantitative estimate of drug-likeness (QED) is 0.797. The summed E-state index contributed by atoms with van der Waals surface area (Å²) in [5, 5.41) is 3.71. The van der Waals surface area contributed by atoms with Gasteiger partial charge in [0.15, 0.2) is 0 Å². The van der Waals surface area contributed by atoms with E-state index in [4.69, 9.17) is 4.74 Å². The van der Waals surface area contributed by atoms with Gasteiger partial charge >= 0.3 is 0 Å². The molecule has 1 atom stereocenters. The maximum atomic E-state index is 6.10. The molecule has 2 aliphatic rings. The largest absolute Gasteiger partial charge is 0.375 e. The van der Waals surface area contributed by atoms with E-state index < -0.39 is 0 Å². The van der Waals surface area contributed by atoms with Crippen LogP contribution < -0.4 is 5.32 Å². The molecule has 1 N–H and O–H groups in total. The standard InChI is InChI=1S/C14H27NO/c1-12(2)11-15-13-6-9-16-14(10-13)7-4-3-5-8-14/h12-13,15H,3-11H2,1-2H3. The van der Waals surface area contributed by atoms with Gasteiger partial charge in [-0.2, -0.15) is 0 Å². The summed E-state index contributed by atoms with van der Waals surface area (Å²) in [5.41, 5.74) is 0.255. The van der Waals surface area contributed by atoms with Crippen LogP contribution in [0.1, 0.15) is 58.8 Å². The lowest BCUT2D eigenvalue weighted by atomic mass is 9.78. The molecule has 2 heteroatoms. The molecule has 94 valence electrons. The molecule has 1 heterocycles. The molecule has 16 heavy (non-hydrogen) atoms. The van der Waals surface area contributed by atoms with Gasteiger partial charge in [0.2, 0.25) is 0 Å². The number of nitrogens with one attached hydrogen (secondary N) is 1. The molecular weight excluding hydrogens is 198 g/mol. The zero-order valence-corrected chi connectivity index (χ0v) is 10.9. The van der Waals surface area contributed by atoms with Gasteiger partial charge in [0.25, 0.3) is 0 Å². The van der Waals surface area contributed by atoms with E-state index in [-0.39, 0.29) is 5.60 Å². The topological polar surface area (TPSA) is 21.3 Å². The van der Waals surface area contributed by atoms with Crippen molar-refractivity contribution in [1.82, 2.24) is 5.32 Å². The Bertz CT molecular complexity index is 203. The predicted molar refractivity (Wildman–Crippen MR) is 67.6 cm³/mol. The van der Waals surface area contributed by atoms with Gasteiger partial charge < -0.3 is 10.1 Å². The molecule has 0 aromatic heterocycles. The molecule has 0 amide bonds. The molecule has 0 aromatic rings. The van der Waals surface area contributed by atoms with Gasteiger partial charge in [-0.3, -0.25) is 0 Å². The summed E-state index contributed by atoms with van der Waals surface area (Å²) in [6.07, 6.45) is 9.21. The van der Waals surface area contributed by atoms with E-state index in [9.17, 15) is 0 Å². The van der Waals surface area contributed by atoms with Crippen LogP contribution in [0.4, 0.5) is 0 Å². The van der Waals surface area contributed by atoms with Crippen LogP contribution in [0.3, 0.4) is 0 Å². The van der Waals surface area contributed by atoms with Gasteiger partial charge in [0, 0.05) is 12.6 Å². The lowest BCUT2D eigenvalue weighted by molar-refractivity contribution is -0.109. The van der Waals surface area contributed by atoms with E-state index in [2.05, 4.69) is 19.2 Å². The van der Waals surface area contributed by atoms with Crippen molar-refractivity contribution in [2.45, 2.75) is 70.4 Å². The molecule has 1 saturated carbocycles. The first-order chi connectivity index (χ1) is 7.70. The van der Waals surface area contributed by atoms with Crippen LogP contribution in [0.25, 0.3) is 0 Å². The lowest BCUT2D eigenvalue weighted by Crippen LogP contribution is -2.48. The Morgan fingerprint density at radius 1 is 1.25 bits per heavy atom. The Labute approximate surface area is 100 Å². The predicted octanol–water partition coefficient (Wildman–Crippen LogP) is 3.11. The SMILES string of the molecule is CC(C)CNC1CCOC2(CCCCC2)C1. The summed E-state index contributed by atoms with van der Waals surface area (Å²) in [5.74, 6) is 0.755. The van der Waals surface area contributed by atoms with Crippen molar-refractivity contribution < 1.29 is 4.74 Å². The zero-order chi connectivity index (χ0) is 11.4. The molecule has 2 fully saturated rings. The highest BCUT2D eigenvalue weighted by molar-refractivity contribution is 4.92. The monoisotopic (exact) mass is 225 g/mol. The second-order valence-electron chi connectivity index (χ2n) is 6.08. The average molecular weight is 225 g/mol. The van der Waals surface area contributed by atoms with Gasteiger partial charge in [-0.1, -0.05) is 33.1 Å². The minimum absolute atomic E-state index is 0.255. The van der Waals surface area contributed by atoms with Crippen LogP contribution in [-0.4, -0.2) is 24.8 Å². The molecule has 1 unspecified atom stereocenters. The lowest BCUT2D eigenvalue weighted by Gasteiger charge is -2.44. The van der Waals surface area contributed by atoms with Crippen molar-refractivity contribution in [2.24, 2.45) is 5.92 Å². The van der Waals surface area contributed by atoms with Crippen molar-refractivity contribution in [2.75, 3.05) is 13.2 Å². The molecular formula is C14H27NO. The molecule has 1 aliphatic heterocycles. The van der Waals surface area contributed by atoms with Crippen LogP contribution >= 0.6 is 0 Å². The van der Waals surface area contributed by atoms with E-state index in [1.807, 2.05) is 0 Å². The van der Waals surface area contributed by atoms with Gasteiger partial charge in [-0.25, -0.2) is 0 Å². The summed E-state index contributed by atoms with van der Waals surface area (Å²) in [7, 11) is 0. The molecule has 1 aliphatic carbocycles. The van der Waals surface area contributed by atoms with Crippen LogP contribution in [0.2, 0.25) is 0 Å². The Morgan fingerprint density at radius 3 is 2.69 bits per heavy atom. The van der Waals surface area contributed by atoms with Crippen LogP contribution in [0.15, 0.2) is 0 Å². The van der Waals surface area contributed by atoms with Crippen LogP contribution in [-0.2, 0) is 4.74 Å². The van der Waals surface area contributed by atoms with Crippen molar-refractivity contribution >= 4 is 0 Å². The number of hydrogen-bond donors (Lipinski definition) is 1. The first-order valence-corrected chi connectivity index (χ1v) is 7.08. The van der Waals surface area contributed by atoms with Gasteiger partial charge in [-0.05, 0) is 38.1 Å². The Morgan fingerprint density at radius 2 is 2.00 bits per heavy atom. The van der Waals surface area contributed by atoms with Gasteiger partial charge in [0.05, 0.1) is 5.60 Å². The summed E-state index contributed by atoms with van der Waals surface area (Å²) < 4.78 is 6.10. The summed E-state index contributed by atoms with van der Waals surface area (Å²) >= 11 is 0. The minimum atomic E-state index is 0.255. The molecule has 2 nitrogen and oxygen atoms in total. The first-order valence-electron chi connectivity index (χ1n) is 7.08. The zero-order valence-electron chi connectivity index (χ0n) is 10.9. The molecule has 0 radical (unpaired) electrons. The van der Waals surface area contributed by atoms with E-state index in [1.54, 1.807) is 0 Å². The maximum absolute atomic E-state index is 6.10. The van der Waals surface area contributed by atoms with Crippen LogP contribution in [0.5, 0.6) is 0 Å². The highest BCUT2D eigenvalue weighted by Crippen LogP contribution is 2.38. The molecule has 0 aromatic carbocycles. The maximum Gasteiger partial charge on any atom is 0.0697 e. The van der Waals surface area contributed by atoms with E-state index in [0.717, 1.165) is 19.1 Å². The summed E-state index contributed by atoms with van der Waals surface area (Å²) in [6.45, 7) is 6.68. The Balaban J connectivity index is 1.83. The number of hydrogen-bond acceptors (Lipinski definition) is 2. The smallest absolute Gasteiger partial charge is 0.0697 e.